The van der Waals surface area contributed by atoms with E-state index in [1.54, 1.807) is 0 Å². The number of allylic oxidation sites excluding steroid dienone is 2. The topological polar surface area (TPSA) is 60.7 Å². The maximum absolute atomic E-state index is 9.52. The third-order valence-corrected chi connectivity index (χ3v) is 3.46. The van der Waals surface area contributed by atoms with Crippen molar-refractivity contribution in [2.45, 2.75) is 12.8 Å². The Balaban J connectivity index is 1.92. The lowest BCUT2D eigenvalue weighted by Gasteiger charge is -2.08. The minimum atomic E-state index is -0.468. The van der Waals surface area contributed by atoms with Crippen molar-refractivity contribution in [3.05, 3.63) is 59.2 Å². The van der Waals surface area contributed by atoms with Crippen molar-refractivity contribution < 1.29 is 15.3 Å². The molecule has 0 radical (unpaired) electrons. The van der Waals surface area contributed by atoms with Crippen LogP contribution in [0, 0.1) is 0 Å². The molecule has 0 amide bonds. The van der Waals surface area contributed by atoms with Crippen molar-refractivity contribution in [2.75, 3.05) is 0 Å². The normalized spacial score (nSPS) is 13.2. The Labute approximate surface area is 111 Å². The second-order valence-electron chi connectivity index (χ2n) is 4.75. The Morgan fingerprint density at radius 1 is 0.947 bits per heavy atom. The summed E-state index contributed by atoms with van der Waals surface area (Å²) in [7, 11) is 0. The van der Waals surface area contributed by atoms with Crippen molar-refractivity contribution >= 4 is 5.57 Å². The molecule has 0 fully saturated rings. The Bertz CT molecular complexity index is 648. The van der Waals surface area contributed by atoms with Gasteiger partial charge in [0.05, 0.1) is 0 Å². The van der Waals surface area contributed by atoms with Gasteiger partial charge in [0.2, 0.25) is 0 Å². The predicted octanol–water partition coefficient (Wildman–Crippen LogP) is 2.99. The molecule has 0 bridgehead atoms. The highest BCUT2D eigenvalue weighted by Gasteiger charge is 2.15. The lowest BCUT2D eigenvalue weighted by atomic mass is 9.99. The fraction of sp³-hybridized carbons (Fsp3) is 0.125. The summed E-state index contributed by atoms with van der Waals surface area (Å²) in [5, 5.41) is 28.4. The van der Waals surface area contributed by atoms with Gasteiger partial charge in [0.25, 0.3) is 0 Å². The van der Waals surface area contributed by atoms with Crippen LogP contribution in [0.15, 0.2) is 42.5 Å². The van der Waals surface area contributed by atoms with Crippen LogP contribution < -0.4 is 0 Å². The first-order valence-corrected chi connectivity index (χ1v) is 6.16. The monoisotopic (exact) mass is 254 g/mol. The molecule has 3 heteroatoms. The number of phenols is 3. The van der Waals surface area contributed by atoms with Crippen LogP contribution in [0.1, 0.15) is 16.7 Å². The summed E-state index contributed by atoms with van der Waals surface area (Å²) in [4.78, 5) is 0. The van der Waals surface area contributed by atoms with Gasteiger partial charge in [-0.15, -0.1) is 0 Å². The third kappa shape index (κ3) is 2.03. The van der Waals surface area contributed by atoms with Crippen LogP contribution in [0.25, 0.3) is 5.57 Å². The van der Waals surface area contributed by atoms with E-state index < -0.39 is 5.75 Å². The molecule has 2 aromatic rings. The number of fused-ring (bicyclic) bond motifs is 1. The van der Waals surface area contributed by atoms with Crippen LogP contribution in [-0.4, -0.2) is 15.3 Å². The zero-order chi connectivity index (χ0) is 13.4. The molecule has 3 N–H and O–H groups in total. The third-order valence-electron chi connectivity index (χ3n) is 3.46. The first-order valence-electron chi connectivity index (χ1n) is 6.16. The first-order chi connectivity index (χ1) is 9.15. The van der Waals surface area contributed by atoms with E-state index in [0.29, 0.717) is 6.42 Å². The minimum absolute atomic E-state index is 0.290. The summed E-state index contributed by atoms with van der Waals surface area (Å²) in [6.07, 6.45) is 3.70. The highest BCUT2D eigenvalue weighted by molar-refractivity contribution is 5.75. The SMILES string of the molecule is Oc1cc(CC2=CCc3ccccc32)cc(O)c1O. The highest BCUT2D eigenvalue weighted by atomic mass is 16.3. The van der Waals surface area contributed by atoms with Crippen LogP contribution in [0.4, 0.5) is 0 Å². The lowest BCUT2D eigenvalue weighted by Crippen LogP contribution is -1.90. The molecule has 0 aliphatic heterocycles. The predicted molar refractivity (Wildman–Crippen MR) is 73.3 cm³/mol. The van der Waals surface area contributed by atoms with Crippen LogP contribution >= 0.6 is 0 Å². The standard InChI is InChI=1S/C16H14O3/c17-14-8-10(9-15(18)16(14)19)7-12-6-5-11-3-1-2-4-13(11)12/h1-4,6,8-9,17-19H,5,7H2. The van der Waals surface area contributed by atoms with E-state index in [-0.39, 0.29) is 11.5 Å². The summed E-state index contributed by atoms with van der Waals surface area (Å²) < 4.78 is 0. The van der Waals surface area contributed by atoms with Gasteiger partial charge in [-0.3, -0.25) is 0 Å². The lowest BCUT2D eigenvalue weighted by molar-refractivity contribution is 0.367. The van der Waals surface area contributed by atoms with E-state index >= 15 is 0 Å². The van der Waals surface area contributed by atoms with Gasteiger partial charge in [-0.05, 0) is 47.2 Å². The molecule has 1 aliphatic rings. The van der Waals surface area contributed by atoms with E-state index in [9.17, 15) is 15.3 Å². The summed E-state index contributed by atoms with van der Waals surface area (Å²) in [6.45, 7) is 0. The summed E-state index contributed by atoms with van der Waals surface area (Å²) in [5.41, 5.74) is 4.47. The second kappa shape index (κ2) is 4.35. The first kappa shape index (κ1) is 11.7. The molecule has 1 aliphatic carbocycles. The Kier molecular flexibility index (Phi) is 2.67. The summed E-state index contributed by atoms with van der Waals surface area (Å²) >= 11 is 0. The molecule has 0 heterocycles. The van der Waals surface area contributed by atoms with Gasteiger partial charge < -0.3 is 15.3 Å². The molecule has 0 unspecified atom stereocenters. The number of hydrogen-bond donors (Lipinski definition) is 3. The molecule has 0 saturated carbocycles. The fourth-order valence-electron chi connectivity index (χ4n) is 2.50. The fourth-order valence-corrected chi connectivity index (χ4v) is 2.50. The van der Waals surface area contributed by atoms with Gasteiger partial charge in [0.1, 0.15) is 0 Å². The number of aromatic hydroxyl groups is 3. The zero-order valence-electron chi connectivity index (χ0n) is 10.3. The van der Waals surface area contributed by atoms with Crippen LogP contribution in [0.2, 0.25) is 0 Å². The van der Waals surface area contributed by atoms with E-state index in [0.717, 1.165) is 12.0 Å². The number of benzene rings is 2. The minimum Gasteiger partial charge on any atom is -0.504 e. The van der Waals surface area contributed by atoms with Crippen LogP contribution in [0.5, 0.6) is 17.2 Å². The maximum atomic E-state index is 9.52. The number of hydrogen-bond acceptors (Lipinski definition) is 3. The van der Waals surface area contributed by atoms with Crippen molar-refractivity contribution in [1.29, 1.82) is 0 Å². The molecule has 0 saturated heterocycles. The second-order valence-corrected chi connectivity index (χ2v) is 4.75. The average molecular weight is 254 g/mol. The Hall–Kier alpha value is -2.42. The summed E-state index contributed by atoms with van der Waals surface area (Å²) in [6, 6.07) is 11.2. The molecule has 96 valence electrons. The molecule has 0 atom stereocenters. The van der Waals surface area contributed by atoms with E-state index in [4.69, 9.17) is 0 Å². The van der Waals surface area contributed by atoms with Crippen molar-refractivity contribution in [3.63, 3.8) is 0 Å². The maximum Gasteiger partial charge on any atom is 0.200 e. The summed E-state index contributed by atoms with van der Waals surface area (Å²) in [5.74, 6) is -1.05. The number of phenolic OH excluding ortho intramolecular Hbond substituents is 3. The van der Waals surface area contributed by atoms with Gasteiger partial charge in [-0.1, -0.05) is 30.3 Å². The number of rotatable bonds is 2. The average Bonchev–Trinajstić information content (AvgIpc) is 2.79. The molecular weight excluding hydrogens is 240 g/mol. The van der Waals surface area contributed by atoms with E-state index in [1.165, 1.54) is 28.8 Å². The van der Waals surface area contributed by atoms with E-state index in [1.807, 2.05) is 12.1 Å². The van der Waals surface area contributed by atoms with Crippen molar-refractivity contribution in [2.24, 2.45) is 0 Å². The van der Waals surface area contributed by atoms with Crippen molar-refractivity contribution in [1.82, 2.24) is 0 Å². The molecule has 2 aromatic carbocycles. The molecule has 3 nitrogen and oxygen atoms in total. The zero-order valence-corrected chi connectivity index (χ0v) is 10.3. The Morgan fingerprint density at radius 2 is 1.63 bits per heavy atom. The van der Waals surface area contributed by atoms with E-state index in [2.05, 4.69) is 18.2 Å². The molecule has 19 heavy (non-hydrogen) atoms. The van der Waals surface area contributed by atoms with Crippen LogP contribution in [-0.2, 0) is 12.8 Å². The van der Waals surface area contributed by atoms with Crippen LogP contribution in [0.3, 0.4) is 0 Å². The quantitative estimate of drug-likeness (QED) is 0.722. The smallest absolute Gasteiger partial charge is 0.200 e. The highest BCUT2D eigenvalue weighted by Crippen LogP contribution is 2.37. The molecule has 0 spiro atoms. The largest absolute Gasteiger partial charge is 0.504 e. The van der Waals surface area contributed by atoms with Gasteiger partial charge >= 0.3 is 0 Å². The molecule has 3 rings (SSSR count). The van der Waals surface area contributed by atoms with Gasteiger partial charge in [0, 0.05) is 0 Å². The van der Waals surface area contributed by atoms with Gasteiger partial charge in [0.15, 0.2) is 17.2 Å². The molecule has 0 aromatic heterocycles. The molecular formula is C16H14O3. The van der Waals surface area contributed by atoms with Gasteiger partial charge in [-0.25, -0.2) is 0 Å². The van der Waals surface area contributed by atoms with Crippen molar-refractivity contribution in [3.8, 4) is 17.2 Å². The van der Waals surface area contributed by atoms with Gasteiger partial charge in [-0.2, -0.15) is 0 Å². The Morgan fingerprint density at radius 3 is 2.37 bits per heavy atom.